The first-order chi connectivity index (χ1) is 2.91. The Morgan fingerprint density at radius 1 is 1.67 bits per heavy atom. The first-order valence-corrected chi connectivity index (χ1v) is 4.67. The molecule has 0 N–H and O–H groups in total. The summed E-state index contributed by atoms with van der Waals surface area (Å²) < 4.78 is 6.23. The summed E-state index contributed by atoms with van der Waals surface area (Å²) in [5.74, 6) is 0. The van der Waals surface area contributed by atoms with E-state index >= 15 is 0 Å². The van der Waals surface area contributed by atoms with Gasteiger partial charge in [0.25, 0.3) is 0 Å². The van der Waals surface area contributed by atoms with Crippen LogP contribution in [-0.4, -0.2) is 28.4 Å². The Balaban J connectivity index is 2.34. The van der Waals surface area contributed by atoms with Crippen LogP contribution >= 0.6 is 0 Å². The summed E-state index contributed by atoms with van der Waals surface area (Å²) >= 11 is -0.0149. The van der Waals surface area contributed by atoms with Crippen molar-refractivity contribution in [3.8, 4) is 0 Å². The van der Waals surface area contributed by atoms with Crippen molar-refractivity contribution in [3.05, 3.63) is 0 Å². The molecule has 0 aromatic carbocycles. The third kappa shape index (κ3) is 4.75. The molecule has 0 amide bonds. The molecule has 0 unspecified atom stereocenters. The summed E-state index contributed by atoms with van der Waals surface area (Å²) in [7, 11) is 1.79. The van der Waals surface area contributed by atoms with Gasteiger partial charge in [0.2, 0.25) is 0 Å². The molecule has 0 saturated heterocycles. The van der Waals surface area contributed by atoms with Crippen molar-refractivity contribution in [2.75, 3.05) is 7.11 Å². The van der Waals surface area contributed by atoms with Gasteiger partial charge in [-0.1, -0.05) is 0 Å². The fourth-order valence-electron chi connectivity index (χ4n) is 0.167. The quantitative estimate of drug-likeness (QED) is 0.491. The average molecular weight is 202 g/mol. The summed E-state index contributed by atoms with van der Waals surface area (Å²) in [5.41, 5.74) is 0. The van der Waals surface area contributed by atoms with E-state index in [1.807, 2.05) is 0 Å². The van der Waals surface area contributed by atoms with E-state index in [4.69, 9.17) is 3.10 Å². The summed E-state index contributed by atoms with van der Waals surface area (Å²) in [6, 6.07) is 0. The van der Waals surface area contributed by atoms with Gasteiger partial charge in [0.05, 0.1) is 0 Å². The molecule has 6 heavy (non-hydrogen) atoms. The van der Waals surface area contributed by atoms with Crippen molar-refractivity contribution in [1.82, 2.24) is 0 Å². The Morgan fingerprint density at radius 2 is 2.33 bits per heavy atom. The third-order valence-electron chi connectivity index (χ3n) is 0.405. The van der Waals surface area contributed by atoms with Gasteiger partial charge in [-0.15, -0.1) is 0 Å². The van der Waals surface area contributed by atoms with E-state index in [-0.39, 0.29) is 21.3 Å². The van der Waals surface area contributed by atoms with Crippen molar-refractivity contribution < 1.29 is 3.10 Å². The minimum absolute atomic E-state index is 0.0149. The monoisotopic (exact) mass is 204 g/mol. The van der Waals surface area contributed by atoms with Crippen LogP contribution in [0.2, 0.25) is 4.47 Å². The van der Waals surface area contributed by atoms with Gasteiger partial charge in [-0.25, -0.2) is 0 Å². The molecule has 0 radical (unpaired) electrons. The van der Waals surface area contributed by atoms with Crippen LogP contribution in [0.3, 0.4) is 0 Å². The van der Waals surface area contributed by atoms with Crippen LogP contribution in [0.15, 0.2) is 0 Å². The van der Waals surface area contributed by atoms with Gasteiger partial charge in [0.1, 0.15) is 0 Å². The molecular formula is C4H10OTe. The second-order valence-corrected chi connectivity index (χ2v) is 3.78. The average Bonchev–Trinajstić information content (AvgIpc) is 1.61. The zero-order valence-corrected chi connectivity index (χ0v) is 6.56. The van der Waals surface area contributed by atoms with Gasteiger partial charge in [-0.05, 0) is 0 Å². The first kappa shape index (κ1) is 6.75. The summed E-state index contributed by atoms with van der Waals surface area (Å²) in [6.07, 6.45) is 1.29. The van der Waals surface area contributed by atoms with Gasteiger partial charge in [0, 0.05) is 0 Å². The van der Waals surface area contributed by atoms with Crippen molar-refractivity contribution in [1.29, 1.82) is 0 Å². The van der Waals surface area contributed by atoms with Gasteiger partial charge >= 0.3 is 49.4 Å². The Hall–Kier alpha value is 0.750. The SMILES string of the molecule is CCC[Te]OC. The summed E-state index contributed by atoms with van der Waals surface area (Å²) in [5, 5.41) is 0. The molecule has 0 aliphatic rings. The number of rotatable bonds is 3. The van der Waals surface area contributed by atoms with Crippen LogP contribution in [0.5, 0.6) is 0 Å². The van der Waals surface area contributed by atoms with Gasteiger partial charge in [-0.3, -0.25) is 0 Å². The maximum absolute atomic E-state index is 4.91. The molecule has 0 rings (SSSR count). The van der Waals surface area contributed by atoms with E-state index in [9.17, 15) is 0 Å². The van der Waals surface area contributed by atoms with Gasteiger partial charge in [0.15, 0.2) is 0 Å². The standard InChI is InChI=1S/C4H10OTe/c1-3-4-6-5-2/h3-4H2,1-2H3. The molecule has 0 aromatic heterocycles. The predicted octanol–water partition coefficient (Wildman–Crippen LogP) is 1.08. The van der Waals surface area contributed by atoms with Crippen LogP contribution in [0.4, 0.5) is 0 Å². The normalized spacial score (nSPS) is 9.00. The zero-order chi connectivity index (χ0) is 4.83. The molecule has 0 heterocycles. The van der Waals surface area contributed by atoms with E-state index in [0.29, 0.717) is 0 Å². The van der Waals surface area contributed by atoms with Gasteiger partial charge in [-0.2, -0.15) is 0 Å². The molecule has 2 heteroatoms. The van der Waals surface area contributed by atoms with Crippen molar-refractivity contribution in [2.24, 2.45) is 0 Å². The maximum atomic E-state index is 4.91. The van der Waals surface area contributed by atoms with Crippen molar-refractivity contribution >= 4 is 21.3 Å². The van der Waals surface area contributed by atoms with Crippen LogP contribution in [0, 0.1) is 0 Å². The predicted molar refractivity (Wildman–Crippen MR) is 27.9 cm³/mol. The van der Waals surface area contributed by atoms with E-state index in [1.165, 1.54) is 10.9 Å². The molecule has 0 fully saturated rings. The van der Waals surface area contributed by atoms with Gasteiger partial charge < -0.3 is 0 Å². The van der Waals surface area contributed by atoms with Crippen LogP contribution in [0.25, 0.3) is 0 Å². The van der Waals surface area contributed by atoms with E-state index < -0.39 is 0 Å². The molecule has 38 valence electrons. The van der Waals surface area contributed by atoms with Crippen LogP contribution in [0.1, 0.15) is 13.3 Å². The Bertz CT molecular complexity index is 19.5. The molecular weight excluding hydrogens is 192 g/mol. The Kier molecular flexibility index (Phi) is 6.47. The number of hydrogen-bond donors (Lipinski definition) is 0. The van der Waals surface area contributed by atoms with E-state index in [2.05, 4.69) is 6.92 Å². The topological polar surface area (TPSA) is 9.23 Å². The molecule has 0 bridgehead atoms. The fourth-order valence-corrected chi connectivity index (χ4v) is 1.12. The summed E-state index contributed by atoms with van der Waals surface area (Å²) in [4.78, 5) is 0. The Labute approximate surface area is 49.7 Å². The van der Waals surface area contributed by atoms with E-state index in [1.54, 1.807) is 7.11 Å². The van der Waals surface area contributed by atoms with Crippen LogP contribution in [-0.2, 0) is 3.10 Å². The molecule has 0 aromatic rings. The molecule has 0 aliphatic heterocycles. The second kappa shape index (κ2) is 5.75. The molecule has 0 spiro atoms. The number of hydrogen-bond acceptors (Lipinski definition) is 1. The molecule has 0 atom stereocenters. The first-order valence-electron chi connectivity index (χ1n) is 2.07. The zero-order valence-electron chi connectivity index (χ0n) is 4.23. The van der Waals surface area contributed by atoms with E-state index in [0.717, 1.165) is 0 Å². The second-order valence-electron chi connectivity index (χ2n) is 0.989. The summed E-state index contributed by atoms with van der Waals surface area (Å²) in [6.45, 7) is 2.18. The Morgan fingerprint density at radius 3 is 2.50 bits per heavy atom. The van der Waals surface area contributed by atoms with Crippen molar-refractivity contribution in [2.45, 2.75) is 17.8 Å². The minimum atomic E-state index is -0.0149. The molecule has 0 aliphatic carbocycles. The van der Waals surface area contributed by atoms with Crippen molar-refractivity contribution in [3.63, 3.8) is 0 Å². The third-order valence-corrected chi connectivity index (χ3v) is 2.72. The molecule has 1 nitrogen and oxygen atoms in total. The fraction of sp³-hybridized carbons (Fsp3) is 1.00. The molecule has 0 saturated carbocycles. The van der Waals surface area contributed by atoms with Crippen LogP contribution < -0.4 is 0 Å².